The fourth-order valence-corrected chi connectivity index (χ4v) is 9.66. The first-order chi connectivity index (χ1) is 29.2. The summed E-state index contributed by atoms with van der Waals surface area (Å²) in [6.45, 7) is 12.1. The van der Waals surface area contributed by atoms with Crippen molar-refractivity contribution in [2.75, 3.05) is 25.4 Å². The molecule has 0 spiro atoms. The number of anilines is 1. The Morgan fingerprint density at radius 2 is 0.983 bits per heavy atom. The van der Waals surface area contributed by atoms with Gasteiger partial charge in [-0.3, -0.25) is 9.59 Å². The third-order valence-electron chi connectivity index (χ3n) is 13.5. The standard InChI is InChI=1S/C53H99N3O4/c1-5-9-13-17-19-26-34-47(32-24-15-11-7-3)44-53(52(59)60,45-48(33-25-16-12-8-4)35-27-20-18-14-10-6-2)40-29-23-31-42-56(41-30-22-21-28-36-51(57)58)43-39-49-37-38-50(54)55-46-49/h37-38,46-48H,5-36,39-45H2,1-4H3,(H2,54,55)(H,57,58)(H,59,60). The molecule has 0 aliphatic rings. The summed E-state index contributed by atoms with van der Waals surface area (Å²) in [6, 6.07) is 3.95. The Morgan fingerprint density at radius 1 is 0.567 bits per heavy atom. The number of hydrogen-bond acceptors (Lipinski definition) is 5. The first kappa shape index (κ1) is 55.9. The van der Waals surface area contributed by atoms with Crippen molar-refractivity contribution in [2.24, 2.45) is 17.3 Å². The van der Waals surface area contributed by atoms with Gasteiger partial charge in [0.1, 0.15) is 5.82 Å². The zero-order chi connectivity index (χ0) is 43.9. The SMILES string of the molecule is CCCCCCCCC(CCCCCC)CC(CCCCCN(CCCCCCC(=O)O)CCc1ccc(N)nc1)(CC(CCCCCC)CCCCCCCC)C(=O)O. The molecule has 60 heavy (non-hydrogen) atoms. The number of carbonyl (C=O) groups is 2. The number of nitrogens with zero attached hydrogens (tertiary/aromatic N) is 2. The van der Waals surface area contributed by atoms with E-state index >= 15 is 0 Å². The van der Waals surface area contributed by atoms with Gasteiger partial charge < -0.3 is 20.8 Å². The predicted octanol–water partition coefficient (Wildman–Crippen LogP) is 15.6. The van der Waals surface area contributed by atoms with Gasteiger partial charge in [-0.25, -0.2) is 4.98 Å². The van der Waals surface area contributed by atoms with Crippen LogP contribution in [0.1, 0.15) is 258 Å². The molecule has 7 heteroatoms. The van der Waals surface area contributed by atoms with Gasteiger partial charge in [0.2, 0.25) is 0 Å². The van der Waals surface area contributed by atoms with Crippen molar-refractivity contribution < 1.29 is 19.8 Å². The molecule has 0 aliphatic heterocycles. The number of rotatable bonds is 45. The van der Waals surface area contributed by atoms with Crippen molar-refractivity contribution in [3.05, 3.63) is 23.9 Å². The second-order valence-electron chi connectivity index (χ2n) is 19.1. The fourth-order valence-electron chi connectivity index (χ4n) is 9.66. The van der Waals surface area contributed by atoms with Gasteiger partial charge in [0, 0.05) is 19.2 Å². The molecule has 2 atom stereocenters. The van der Waals surface area contributed by atoms with E-state index in [4.69, 9.17) is 10.8 Å². The first-order valence-electron chi connectivity index (χ1n) is 26.1. The Kier molecular flexibility index (Phi) is 35.9. The molecule has 1 heterocycles. The highest BCUT2D eigenvalue weighted by Crippen LogP contribution is 2.44. The number of aliphatic carboxylic acids is 2. The number of nitrogen functional groups attached to an aromatic ring is 1. The smallest absolute Gasteiger partial charge is 0.309 e. The molecule has 2 unspecified atom stereocenters. The maximum absolute atomic E-state index is 13.9. The number of aromatic nitrogens is 1. The van der Waals surface area contributed by atoms with E-state index < -0.39 is 17.4 Å². The van der Waals surface area contributed by atoms with Gasteiger partial charge in [0.05, 0.1) is 5.41 Å². The third-order valence-corrected chi connectivity index (χ3v) is 13.5. The molecule has 0 aromatic carbocycles. The van der Waals surface area contributed by atoms with Crippen molar-refractivity contribution in [1.82, 2.24) is 9.88 Å². The Bertz CT molecular complexity index is 1090. The van der Waals surface area contributed by atoms with Crippen molar-refractivity contribution in [3.8, 4) is 0 Å². The minimum absolute atomic E-state index is 0.253. The number of unbranched alkanes of at least 4 members (excludes halogenated alkanes) is 21. The third kappa shape index (κ3) is 30.0. The summed E-state index contributed by atoms with van der Waals surface area (Å²) in [7, 11) is 0. The molecular weight excluding hydrogens is 743 g/mol. The average Bonchev–Trinajstić information content (AvgIpc) is 3.23. The van der Waals surface area contributed by atoms with E-state index in [0.29, 0.717) is 17.7 Å². The summed E-state index contributed by atoms with van der Waals surface area (Å²) in [5.41, 5.74) is 6.42. The van der Waals surface area contributed by atoms with Crippen molar-refractivity contribution >= 4 is 17.8 Å². The second kappa shape index (κ2) is 38.5. The molecule has 0 aliphatic carbocycles. The number of carboxylic acids is 2. The van der Waals surface area contributed by atoms with E-state index in [0.717, 1.165) is 90.3 Å². The average molecular weight is 842 g/mol. The summed E-state index contributed by atoms with van der Waals surface area (Å²) in [5.74, 6) is 0.346. The highest BCUT2D eigenvalue weighted by molar-refractivity contribution is 5.74. The maximum Gasteiger partial charge on any atom is 0.309 e. The molecule has 0 bridgehead atoms. The van der Waals surface area contributed by atoms with Gasteiger partial charge in [-0.05, 0) is 81.5 Å². The second-order valence-corrected chi connectivity index (χ2v) is 19.1. The molecule has 1 rings (SSSR count). The molecule has 1 aromatic heterocycles. The summed E-state index contributed by atoms with van der Waals surface area (Å²) in [5, 5.41) is 20.5. The van der Waals surface area contributed by atoms with E-state index in [1.165, 1.54) is 160 Å². The molecule has 0 fully saturated rings. The number of pyridine rings is 1. The lowest BCUT2D eigenvalue weighted by molar-refractivity contribution is -0.152. The quantitative estimate of drug-likeness (QED) is 0.0560. The van der Waals surface area contributed by atoms with Crippen LogP contribution in [0.25, 0.3) is 0 Å². The van der Waals surface area contributed by atoms with Crippen LogP contribution in [0.4, 0.5) is 5.82 Å². The van der Waals surface area contributed by atoms with Crippen molar-refractivity contribution in [1.29, 1.82) is 0 Å². The van der Waals surface area contributed by atoms with Gasteiger partial charge >= 0.3 is 11.9 Å². The predicted molar refractivity (Wildman–Crippen MR) is 258 cm³/mol. The number of hydrogen-bond donors (Lipinski definition) is 3. The summed E-state index contributed by atoms with van der Waals surface area (Å²) in [6.07, 6.45) is 43.0. The van der Waals surface area contributed by atoms with Crippen LogP contribution in [0, 0.1) is 17.3 Å². The van der Waals surface area contributed by atoms with Crippen LogP contribution in [-0.4, -0.2) is 51.7 Å². The Labute approximate surface area is 371 Å². The van der Waals surface area contributed by atoms with Crippen LogP contribution in [0.3, 0.4) is 0 Å². The lowest BCUT2D eigenvalue weighted by Crippen LogP contribution is -2.36. The summed E-state index contributed by atoms with van der Waals surface area (Å²) in [4.78, 5) is 31.8. The largest absolute Gasteiger partial charge is 0.481 e. The van der Waals surface area contributed by atoms with Gasteiger partial charge in [-0.1, -0.05) is 214 Å². The van der Waals surface area contributed by atoms with Crippen LogP contribution >= 0.6 is 0 Å². The van der Waals surface area contributed by atoms with Crippen LogP contribution in [0.15, 0.2) is 18.3 Å². The maximum atomic E-state index is 13.9. The van der Waals surface area contributed by atoms with E-state index in [-0.39, 0.29) is 6.42 Å². The highest BCUT2D eigenvalue weighted by Gasteiger charge is 2.41. The minimum atomic E-state index is -0.707. The van der Waals surface area contributed by atoms with E-state index in [1.807, 2.05) is 12.3 Å². The molecular formula is C53H99N3O4. The monoisotopic (exact) mass is 842 g/mol. The lowest BCUT2D eigenvalue weighted by atomic mass is 9.67. The van der Waals surface area contributed by atoms with Gasteiger partial charge in [0.25, 0.3) is 0 Å². The summed E-state index contributed by atoms with van der Waals surface area (Å²) < 4.78 is 0. The molecule has 0 amide bonds. The van der Waals surface area contributed by atoms with Gasteiger partial charge in [0.15, 0.2) is 0 Å². The highest BCUT2D eigenvalue weighted by atomic mass is 16.4. The first-order valence-corrected chi connectivity index (χ1v) is 26.1. The minimum Gasteiger partial charge on any atom is -0.481 e. The van der Waals surface area contributed by atoms with Crippen LogP contribution in [0.5, 0.6) is 0 Å². The molecule has 0 saturated heterocycles. The molecule has 1 aromatic rings. The van der Waals surface area contributed by atoms with E-state index in [9.17, 15) is 14.7 Å². The molecule has 350 valence electrons. The van der Waals surface area contributed by atoms with Gasteiger partial charge in [-0.15, -0.1) is 0 Å². The zero-order valence-corrected chi connectivity index (χ0v) is 40.1. The molecule has 4 N–H and O–H groups in total. The normalized spacial score (nSPS) is 13.8. The molecule has 0 saturated carbocycles. The van der Waals surface area contributed by atoms with E-state index in [2.05, 4.69) is 43.6 Å². The molecule has 0 radical (unpaired) electrons. The zero-order valence-electron chi connectivity index (χ0n) is 40.1. The van der Waals surface area contributed by atoms with Crippen LogP contribution in [0.2, 0.25) is 0 Å². The van der Waals surface area contributed by atoms with Crippen molar-refractivity contribution in [3.63, 3.8) is 0 Å². The van der Waals surface area contributed by atoms with Gasteiger partial charge in [-0.2, -0.15) is 0 Å². The Morgan fingerprint density at radius 3 is 1.42 bits per heavy atom. The number of carboxylic acid groups (broad SMARTS) is 2. The van der Waals surface area contributed by atoms with Crippen molar-refractivity contribution in [2.45, 2.75) is 259 Å². The lowest BCUT2D eigenvalue weighted by Gasteiger charge is -2.37. The van der Waals surface area contributed by atoms with Crippen LogP contribution < -0.4 is 5.73 Å². The Balaban J connectivity index is 3.18. The number of nitrogens with two attached hydrogens (primary N) is 1. The van der Waals surface area contributed by atoms with Crippen LogP contribution in [-0.2, 0) is 16.0 Å². The Hall–Kier alpha value is -2.15. The van der Waals surface area contributed by atoms with E-state index in [1.54, 1.807) is 0 Å². The summed E-state index contributed by atoms with van der Waals surface area (Å²) >= 11 is 0. The topological polar surface area (TPSA) is 117 Å². The molecule has 7 nitrogen and oxygen atoms in total. The fraction of sp³-hybridized carbons (Fsp3) is 0.868.